The van der Waals surface area contributed by atoms with Crippen molar-refractivity contribution >= 4 is 105 Å². The Morgan fingerprint density at radius 1 is 0.756 bits per heavy atom. The number of hydrogen-bond donors (Lipinski definition) is 2. The molecule has 4 aromatic carbocycles. The molecule has 7 nitrogen and oxygen atoms in total. The van der Waals surface area contributed by atoms with Gasteiger partial charge in [-0.05, 0) is 72.8 Å². The zero-order valence-electron chi connectivity index (χ0n) is 23.3. The van der Waals surface area contributed by atoms with Gasteiger partial charge < -0.3 is 10.6 Å². The summed E-state index contributed by atoms with van der Waals surface area (Å²) in [5.41, 5.74) is 3.08. The van der Waals surface area contributed by atoms with Gasteiger partial charge in [0.15, 0.2) is 6.54 Å². The van der Waals surface area contributed by atoms with Gasteiger partial charge in [0.25, 0.3) is 11.7 Å². The Labute approximate surface area is 293 Å². The van der Waals surface area contributed by atoms with Crippen LogP contribution in [0.15, 0.2) is 84.0 Å². The van der Waals surface area contributed by atoms with E-state index < -0.39 is 5.91 Å². The first-order valence-electron chi connectivity index (χ1n) is 13.2. The predicted octanol–water partition coefficient (Wildman–Crippen LogP) is 9.43. The van der Waals surface area contributed by atoms with Gasteiger partial charge in [0, 0.05) is 10.0 Å². The van der Waals surface area contributed by atoms with Crippen LogP contribution in [0, 0.1) is 6.92 Å². The molecular formula is C31H22Cl6N5O2S+. The van der Waals surface area contributed by atoms with Crippen LogP contribution in [0.1, 0.15) is 5.56 Å². The summed E-state index contributed by atoms with van der Waals surface area (Å²) in [6, 6.07) is 23.3. The second-order valence-electron chi connectivity index (χ2n) is 9.68. The van der Waals surface area contributed by atoms with Crippen LogP contribution in [0.5, 0.6) is 0 Å². The standard InChI is InChI=1S/C31H21Cl6N5O2S/c1-17-6-5-9-21(10-17)42-30(18-7-3-2-4-8-18)41(15-26(43)38-28-22(34)11-19(32)12-23(28)35)40-31(42)45-16-27(44)39-29-24(36)13-20(33)14-25(29)37/h2-14H,15-16H2,1H3,(H-,38,39,43,44)/p+1. The van der Waals surface area contributed by atoms with E-state index in [9.17, 15) is 9.59 Å². The van der Waals surface area contributed by atoms with Gasteiger partial charge in [-0.3, -0.25) is 9.59 Å². The fraction of sp³-hybridized carbons (Fsp3) is 0.0968. The highest BCUT2D eigenvalue weighted by molar-refractivity contribution is 7.99. The molecule has 0 aliphatic rings. The third-order valence-corrected chi connectivity index (χ3v) is 8.87. The Morgan fingerprint density at radius 3 is 1.87 bits per heavy atom. The SMILES string of the molecule is Cc1cccc(-[n+]2c(SCC(=O)Nc3c(Cl)cc(Cl)cc3Cl)nn(CC(=O)Nc3c(Cl)cc(Cl)cc3Cl)c2-c2ccccc2)c1. The van der Waals surface area contributed by atoms with Gasteiger partial charge in [0.1, 0.15) is 5.69 Å². The van der Waals surface area contributed by atoms with Gasteiger partial charge in [-0.2, -0.15) is 4.57 Å². The maximum atomic E-state index is 13.4. The summed E-state index contributed by atoms with van der Waals surface area (Å²) < 4.78 is 3.47. The van der Waals surface area contributed by atoms with Crippen LogP contribution >= 0.6 is 81.4 Å². The third kappa shape index (κ3) is 8.07. The number of aromatic nitrogens is 3. The molecule has 2 amide bonds. The number of carbonyl (C=O) groups excluding carboxylic acids is 2. The van der Waals surface area contributed by atoms with Crippen molar-refractivity contribution in [3.63, 3.8) is 0 Å². The zero-order chi connectivity index (χ0) is 32.2. The van der Waals surface area contributed by atoms with Crippen molar-refractivity contribution in [2.45, 2.75) is 18.6 Å². The first-order chi connectivity index (χ1) is 21.5. The lowest BCUT2D eigenvalue weighted by Crippen LogP contribution is -2.35. The van der Waals surface area contributed by atoms with Crippen molar-refractivity contribution in [3.8, 4) is 17.1 Å². The fourth-order valence-corrected chi connectivity index (χ4v) is 7.05. The van der Waals surface area contributed by atoms with E-state index in [4.69, 9.17) is 74.7 Å². The molecule has 14 heteroatoms. The van der Waals surface area contributed by atoms with Crippen LogP contribution < -0.4 is 15.2 Å². The molecule has 0 fully saturated rings. The Hall–Kier alpha value is -2.95. The molecule has 1 heterocycles. The minimum absolute atomic E-state index is 0.0471. The second-order valence-corrected chi connectivity index (χ2v) is 13.1. The number of nitrogens with zero attached hydrogens (tertiary/aromatic N) is 3. The summed E-state index contributed by atoms with van der Waals surface area (Å²) >= 11 is 38.4. The molecule has 0 spiro atoms. The number of rotatable bonds is 9. The van der Waals surface area contributed by atoms with Crippen LogP contribution in [0.4, 0.5) is 11.4 Å². The summed E-state index contributed by atoms with van der Waals surface area (Å²) in [4.78, 5) is 26.5. The van der Waals surface area contributed by atoms with E-state index in [2.05, 4.69) is 10.6 Å². The van der Waals surface area contributed by atoms with E-state index in [1.54, 1.807) is 4.68 Å². The summed E-state index contributed by atoms with van der Waals surface area (Å²) in [7, 11) is 0. The van der Waals surface area contributed by atoms with Gasteiger partial charge in [-0.25, -0.2) is 0 Å². The van der Waals surface area contributed by atoms with Gasteiger partial charge in [-0.1, -0.05) is 105 Å². The lowest BCUT2D eigenvalue weighted by molar-refractivity contribution is -0.625. The smallest absolute Gasteiger partial charge is 0.323 e. The molecule has 2 N–H and O–H groups in total. The minimum atomic E-state index is -0.432. The Kier molecular flexibility index (Phi) is 10.9. The van der Waals surface area contributed by atoms with E-state index in [-0.39, 0.29) is 49.7 Å². The molecule has 0 radical (unpaired) electrons. The average molecular weight is 741 g/mol. The molecule has 45 heavy (non-hydrogen) atoms. The number of halogens is 6. The quantitative estimate of drug-likeness (QED) is 0.117. The van der Waals surface area contributed by atoms with Crippen LogP contribution in [0.2, 0.25) is 30.1 Å². The van der Waals surface area contributed by atoms with E-state index in [0.29, 0.717) is 21.0 Å². The fourth-order valence-electron chi connectivity index (χ4n) is 4.41. The minimum Gasteiger partial charge on any atom is -0.323 e. The molecule has 0 saturated carbocycles. The van der Waals surface area contributed by atoms with Crippen molar-refractivity contribution in [1.29, 1.82) is 0 Å². The molecule has 0 unspecified atom stereocenters. The van der Waals surface area contributed by atoms with Gasteiger partial charge >= 0.3 is 5.16 Å². The van der Waals surface area contributed by atoms with E-state index >= 15 is 0 Å². The van der Waals surface area contributed by atoms with Crippen LogP contribution in [0.25, 0.3) is 17.1 Å². The van der Waals surface area contributed by atoms with Crippen LogP contribution in [-0.4, -0.2) is 27.3 Å². The number of nitrogens with one attached hydrogen (secondary N) is 2. The molecule has 0 saturated heterocycles. The van der Waals surface area contributed by atoms with E-state index in [1.165, 1.54) is 36.0 Å². The molecule has 230 valence electrons. The highest BCUT2D eigenvalue weighted by Gasteiger charge is 2.31. The first-order valence-corrected chi connectivity index (χ1v) is 16.4. The Balaban J connectivity index is 1.52. The third-order valence-electron chi connectivity index (χ3n) is 6.31. The van der Waals surface area contributed by atoms with Gasteiger partial charge in [0.2, 0.25) is 5.91 Å². The van der Waals surface area contributed by atoms with Crippen molar-refractivity contribution < 1.29 is 14.2 Å². The summed E-state index contributed by atoms with van der Waals surface area (Å²) in [5, 5.41) is 12.3. The molecule has 0 atom stereocenters. The molecule has 5 aromatic rings. The maximum Gasteiger partial charge on any atom is 0.342 e. The lowest BCUT2D eigenvalue weighted by atomic mass is 10.2. The number of benzene rings is 4. The number of amides is 2. The number of carbonyl (C=O) groups is 2. The monoisotopic (exact) mass is 738 g/mol. The summed E-state index contributed by atoms with van der Waals surface area (Å²) in [6.07, 6.45) is 0. The normalized spacial score (nSPS) is 11.0. The zero-order valence-corrected chi connectivity index (χ0v) is 28.6. The highest BCUT2D eigenvalue weighted by Crippen LogP contribution is 2.35. The van der Waals surface area contributed by atoms with Crippen LogP contribution in [0.3, 0.4) is 0 Å². The van der Waals surface area contributed by atoms with E-state index in [0.717, 1.165) is 16.8 Å². The second kappa shape index (κ2) is 14.6. The maximum absolute atomic E-state index is 13.4. The predicted molar refractivity (Wildman–Crippen MR) is 185 cm³/mol. The topological polar surface area (TPSA) is 79.9 Å². The number of aryl methyl sites for hydroxylation is 1. The molecule has 0 aliphatic carbocycles. The number of hydrogen-bond acceptors (Lipinski definition) is 4. The molecule has 5 rings (SSSR count). The van der Waals surface area contributed by atoms with Gasteiger partial charge in [0.05, 0.1) is 47.9 Å². The highest BCUT2D eigenvalue weighted by atomic mass is 35.5. The molecular weight excluding hydrogens is 719 g/mol. The lowest BCUT2D eigenvalue weighted by Gasteiger charge is -2.10. The summed E-state index contributed by atoms with van der Waals surface area (Å²) in [5.74, 6) is -0.244. The van der Waals surface area contributed by atoms with E-state index in [1.807, 2.05) is 66.1 Å². The number of thioether (sulfide) groups is 1. The molecule has 0 aliphatic heterocycles. The van der Waals surface area contributed by atoms with Crippen molar-refractivity contribution in [2.24, 2.45) is 0 Å². The largest absolute Gasteiger partial charge is 0.342 e. The molecule has 0 bridgehead atoms. The molecule has 1 aromatic heterocycles. The van der Waals surface area contributed by atoms with Crippen LogP contribution in [-0.2, 0) is 16.1 Å². The average Bonchev–Trinajstić information content (AvgIpc) is 3.34. The van der Waals surface area contributed by atoms with Crippen molar-refractivity contribution in [3.05, 3.63) is 115 Å². The van der Waals surface area contributed by atoms with Gasteiger partial charge in [-0.15, -0.1) is 0 Å². The Morgan fingerprint density at radius 2 is 1.31 bits per heavy atom. The number of anilines is 2. The van der Waals surface area contributed by atoms with Crippen molar-refractivity contribution in [1.82, 2.24) is 9.78 Å². The van der Waals surface area contributed by atoms with Crippen molar-refractivity contribution in [2.75, 3.05) is 16.4 Å². The summed E-state index contributed by atoms with van der Waals surface area (Å²) in [6.45, 7) is 1.78. The first kappa shape index (κ1) is 33.4. The Bertz CT molecular complexity index is 1870.